The lowest BCUT2D eigenvalue weighted by Gasteiger charge is -2.26. The van der Waals surface area contributed by atoms with Gasteiger partial charge in [0, 0.05) is 19.0 Å². The number of aliphatic carboxylic acids is 1. The molecule has 0 bridgehead atoms. The zero-order chi connectivity index (χ0) is 24.0. The zero-order valence-corrected chi connectivity index (χ0v) is 18.2. The van der Waals surface area contributed by atoms with Gasteiger partial charge in [0.15, 0.2) is 0 Å². The Balaban J connectivity index is 1.58. The number of benzene rings is 2. The maximum absolute atomic E-state index is 14.4. The van der Waals surface area contributed by atoms with Gasteiger partial charge in [-0.2, -0.15) is 8.78 Å². The molecule has 1 aliphatic rings. The molecule has 0 saturated carbocycles. The van der Waals surface area contributed by atoms with Gasteiger partial charge in [0.25, 0.3) is 5.91 Å². The van der Waals surface area contributed by atoms with Gasteiger partial charge in [-0.1, -0.05) is 55.5 Å². The van der Waals surface area contributed by atoms with Gasteiger partial charge in [0.05, 0.1) is 13.0 Å². The number of carbonyl (C=O) groups excluding carboxylic acids is 2. The molecular formula is C24H26F2N2O5. The monoisotopic (exact) mass is 460 g/mol. The van der Waals surface area contributed by atoms with Crippen LogP contribution in [-0.2, 0) is 14.3 Å². The van der Waals surface area contributed by atoms with Crippen LogP contribution in [0.4, 0.5) is 13.6 Å². The number of nitrogens with one attached hydrogen (secondary N) is 1. The summed E-state index contributed by atoms with van der Waals surface area (Å²) in [7, 11) is 0. The summed E-state index contributed by atoms with van der Waals surface area (Å²) < 4.78 is 34.0. The van der Waals surface area contributed by atoms with E-state index in [9.17, 15) is 23.2 Å². The van der Waals surface area contributed by atoms with E-state index < -0.39 is 36.9 Å². The first-order chi connectivity index (χ1) is 15.7. The molecule has 2 aromatic rings. The fraction of sp³-hybridized carbons (Fsp3) is 0.375. The van der Waals surface area contributed by atoms with Crippen molar-refractivity contribution in [2.45, 2.75) is 31.6 Å². The molecule has 0 aliphatic heterocycles. The van der Waals surface area contributed by atoms with Crippen LogP contribution in [-0.4, -0.2) is 60.1 Å². The summed E-state index contributed by atoms with van der Waals surface area (Å²) in [5, 5.41) is 10.7. The SMILES string of the molecule is CCCN(CCC(=O)O)C(=O)C(F)(F)CNC(=O)OCC1c2ccccc2-c2ccccc21. The van der Waals surface area contributed by atoms with Crippen molar-refractivity contribution in [2.75, 3.05) is 26.2 Å². The minimum Gasteiger partial charge on any atom is -0.481 e. The maximum Gasteiger partial charge on any atom is 0.407 e. The number of amides is 2. The number of alkyl halides is 2. The Morgan fingerprint density at radius 3 is 2.15 bits per heavy atom. The normalized spacial score (nSPS) is 12.6. The molecule has 0 fully saturated rings. The van der Waals surface area contributed by atoms with Crippen LogP contribution in [0.2, 0.25) is 0 Å². The second-order valence-electron chi connectivity index (χ2n) is 7.82. The number of alkyl carbamates (subject to hydrolysis) is 1. The molecule has 7 nitrogen and oxygen atoms in total. The van der Waals surface area contributed by atoms with E-state index in [1.807, 2.05) is 53.8 Å². The number of halogens is 2. The summed E-state index contributed by atoms with van der Waals surface area (Å²) in [6.45, 7) is 0.0685. The first kappa shape index (κ1) is 24.2. The van der Waals surface area contributed by atoms with Crippen molar-refractivity contribution < 1.29 is 33.0 Å². The molecule has 0 radical (unpaired) electrons. The smallest absolute Gasteiger partial charge is 0.407 e. The van der Waals surface area contributed by atoms with Gasteiger partial charge in [-0.25, -0.2) is 4.79 Å². The van der Waals surface area contributed by atoms with Crippen molar-refractivity contribution in [3.8, 4) is 11.1 Å². The first-order valence-electron chi connectivity index (χ1n) is 10.7. The lowest BCUT2D eigenvalue weighted by molar-refractivity contribution is -0.157. The number of ether oxygens (including phenoxy) is 1. The molecule has 0 heterocycles. The number of hydrogen-bond donors (Lipinski definition) is 2. The molecule has 176 valence electrons. The third-order valence-corrected chi connectivity index (χ3v) is 5.49. The molecule has 0 spiro atoms. The fourth-order valence-electron chi connectivity index (χ4n) is 3.95. The Morgan fingerprint density at radius 1 is 1.03 bits per heavy atom. The average Bonchev–Trinajstić information content (AvgIpc) is 3.12. The Bertz CT molecular complexity index is 982. The molecule has 9 heteroatoms. The quantitative estimate of drug-likeness (QED) is 0.561. The van der Waals surface area contributed by atoms with Crippen LogP contribution in [0.25, 0.3) is 11.1 Å². The minimum absolute atomic E-state index is 0.00729. The predicted molar refractivity (Wildman–Crippen MR) is 117 cm³/mol. The van der Waals surface area contributed by atoms with Crippen LogP contribution in [0, 0.1) is 0 Å². The largest absolute Gasteiger partial charge is 0.481 e. The van der Waals surface area contributed by atoms with Crippen molar-refractivity contribution in [3.05, 3.63) is 59.7 Å². The molecule has 2 amide bonds. The molecule has 33 heavy (non-hydrogen) atoms. The number of hydrogen-bond acceptors (Lipinski definition) is 4. The summed E-state index contributed by atoms with van der Waals surface area (Å²) in [5.74, 6) is -6.82. The van der Waals surface area contributed by atoms with Crippen LogP contribution < -0.4 is 5.32 Å². The number of carboxylic acids is 1. The van der Waals surface area contributed by atoms with Crippen molar-refractivity contribution >= 4 is 18.0 Å². The van der Waals surface area contributed by atoms with E-state index in [0.29, 0.717) is 6.42 Å². The fourth-order valence-corrected chi connectivity index (χ4v) is 3.95. The van der Waals surface area contributed by atoms with E-state index in [1.54, 1.807) is 6.92 Å². The van der Waals surface area contributed by atoms with Crippen molar-refractivity contribution in [1.29, 1.82) is 0 Å². The Hall–Kier alpha value is -3.49. The van der Waals surface area contributed by atoms with Crippen LogP contribution >= 0.6 is 0 Å². The van der Waals surface area contributed by atoms with Gasteiger partial charge < -0.3 is 20.1 Å². The third kappa shape index (κ3) is 5.66. The number of nitrogens with zero attached hydrogens (tertiary/aromatic N) is 1. The number of rotatable bonds is 10. The van der Waals surface area contributed by atoms with Gasteiger partial charge in [-0.05, 0) is 28.7 Å². The predicted octanol–water partition coefficient (Wildman–Crippen LogP) is 3.87. The van der Waals surface area contributed by atoms with E-state index in [4.69, 9.17) is 9.84 Å². The highest BCUT2D eigenvalue weighted by atomic mass is 19.3. The molecule has 0 saturated heterocycles. The topological polar surface area (TPSA) is 95.9 Å². The number of carbonyl (C=O) groups is 3. The van der Waals surface area contributed by atoms with Crippen LogP contribution in [0.15, 0.2) is 48.5 Å². The Kier molecular flexibility index (Phi) is 7.63. The van der Waals surface area contributed by atoms with E-state index in [2.05, 4.69) is 0 Å². The summed E-state index contributed by atoms with van der Waals surface area (Å²) in [4.78, 5) is 35.9. The standard InChI is InChI=1S/C24H26F2N2O5/c1-2-12-28(13-11-21(29)30)22(31)24(25,26)15-27-23(32)33-14-20-18-9-5-3-7-16(18)17-8-4-6-10-19(17)20/h3-10,20H,2,11-15H2,1H3,(H,27,32)(H,29,30). The molecule has 3 rings (SSSR count). The minimum atomic E-state index is -3.89. The summed E-state index contributed by atoms with van der Waals surface area (Å²) in [6.07, 6.45) is -1.11. The average molecular weight is 460 g/mol. The molecule has 0 atom stereocenters. The number of fused-ring (bicyclic) bond motifs is 3. The third-order valence-electron chi connectivity index (χ3n) is 5.49. The van der Waals surface area contributed by atoms with Crippen LogP contribution in [0.5, 0.6) is 0 Å². The van der Waals surface area contributed by atoms with Crippen molar-refractivity contribution in [3.63, 3.8) is 0 Å². The van der Waals surface area contributed by atoms with Crippen molar-refractivity contribution in [2.24, 2.45) is 0 Å². The molecule has 2 N–H and O–H groups in total. The molecule has 0 unspecified atom stereocenters. The molecular weight excluding hydrogens is 434 g/mol. The molecule has 0 aromatic heterocycles. The van der Waals surface area contributed by atoms with E-state index >= 15 is 0 Å². The number of carboxylic acid groups (broad SMARTS) is 1. The maximum atomic E-state index is 14.4. The van der Waals surface area contributed by atoms with Gasteiger partial charge in [0.1, 0.15) is 6.61 Å². The van der Waals surface area contributed by atoms with Gasteiger partial charge >= 0.3 is 18.0 Å². The van der Waals surface area contributed by atoms with Crippen LogP contribution in [0.3, 0.4) is 0 Å². The second kappa shape index (κ2) is 10.4. The lowest BCUT2D eigenvalue weighted by Crippen LogP contribution is -2.50. The van der Waals surface area contributed by atoms with E-state index in [-0.39, 0.29) is 25.6 Å². The van der Waals surface area contributed by atoms with E-state index in [1.165, 1.54) is 0 Å². The summed E-state index contributed by atoms with van der Waals surface area (Å²) in [6, 6.07) is 15.4. The van der Waals surface area contributed by atoms with Gasteiger partial charge in [0.2, 0.25) is 0 Å². The Labute approximate surface area is 190 Å². The van der Waals surface area contributed by atoms with Crippen LogP contribution in [0.1, 0.15) is 36.8 Å². The highest BCUT2D eigenvalue weighted by Crippen LogP contribution is 2.44. The summed E-state index contributed by atoms with van der Waals surface area (Å²) >= 11 is 0. The Morgan fingerprint density at radius 2 is 1.61 bits per heavy atom. The van der Waals surface area contributed by atoms with Gasteiger partial charge in [-0.15, -0.1) is 0 Å². The lowest BCUT2D eigenvalue weighted by atomic mass is 9.98. The highest BCUT2D eigenvalue weighted by Gasteiger charge is 2.42. The second-order valence-corrected chi connectivity index (χ2v) is 7.82. The highest BCUT2D eigenvalue weighted by molar-refractivity contribution is 5.85. The van der Waals surface area contributed by atoms with E-state index in [0.717, 1.165) is 27.2 Å². The summed E-state index contributed by atoms with van der Waals surface area (Å²) in [5.41, 5.74) is 4.05. The molecule has 2 aromatic carbocycles. The van der Waals surface area contributed by atoms with Crippen molar-refractivity contribution in [1.82, 2.24) is 10.2 Å². The molecule has 1 aliphatic carbocycles. The van der Waals surface area contributed by atoms with Gasteiger partial charge in [-0.3, -0.25) is 9.59 Å². The first-order valence-corrected chi connectivity index (χ1v) is 10.7. The zero-order valence-electron chi connectivity index (χ0n) is 18.2.